The fourth-order valence-electron chi connectivity index (χ4n) is 3.84. The summed E-state index contributed by atoms with van der Waals surface area (Å²) in [7, 11) is 0. The Balaban J connectivity index is 1.76. The van der Waals surface area contributed by atoms with Gasteiger partial charge in [0.2, 0.25) is 5.91 Å². The van der Waals surface area contributed by atoms with Crippen molar-refractivity contribution in [1.82, 2.24) is 4.98 Å². The standard InChI is InChI=1S/C27H26N2O3/c1-5-31-24-15-25-22(23(16-32-25)20-10-9-17(2)12-18(20)3)14-21(24)19(4)13-27(30)29-26-8-6-7-11-28-26/h6-16H,5H2,1-4H3,(H,28,29,30)/b19-13+. The Morgan fingerprint density at radius 1 is 1.12 bits per heavy atom. The number of pyridine rings is 1. The highest BCUT2D eigenvalue weighted by molar-refractivity contribution is 6.05. The molecule has 162 valence electrons. The molecule has 0 atom stereocenters. The molecule has 0 radical (unpaired) electrons. The highest BCUT2D eigenvalue weighted by Crippen LogP contribution is 2.38. The van der Waals surface area contributed by atoms with Gasteiger partial charge in [0.25, 0.3) is 0 Å². The van der Waals surface area contributed by atoms with Gasteiger partial charge in [0.05, 0.1) is 12.9 Å². The van der Waals surface area contributed by atoms with Gasteiger partial charge < -0.3 is 14.5 Å². The Hall–Kier alpha value is -3.86. The molecule has 32 heavy (non-hydrogen) atoms. The number of hydrogen-bond acceptors (Lipinski definition) is 4. The van der Waals surface area contributed by atoms with Gasteiger partial charge in [-0.1, -0.05) is 29.8 Å². The van der Waals surface area contributed by atoms with Crippen LogP contribution >= 0.6 is 0 Å². The van der Waals surface area contributed by atoms with E-state index in [-0.39, 0.29) is 5.91 Å². The van der Waals surface area contributed by atoms with E-state index in [1.165, 1.54) is 11.1 Å². The van der Waals surface area contributed by atoms with E-state index in [1.54, 1.807) is 30.7 Å². The van der Waals surface area contributed by atoms with Crippen molar-refractivity contribution in [3.63, 3.8) is 0 Å². The topological polar surface area (TPSA) is 64.4 Å². The number of allylic oxidation sites excluding steroid dienone is 1. The zero-order valence-corrected chi connectivity index (χ0v) is 18.7. The molecule has 0 aliphatic rings. The van der Waals surface area contributed by atoms with Gasteiger partial charge in [-0.3, -0.25) is 4.79 Å². The third kappa shape index (κ3) is 4.42. The summed E-state index contributed by atoms with van der Waals surface area (Å²) in [6, 6.07) is 15.7. The number of furan rings is 1. The van der Waals surface area contributed by atoms with Crippen LogP contribution < -0.4 is 10.1 Å². The zero-order chi connectivity index (χ0) is 22.7. The van der Waals surface area contributed by atoms with E-state index in [2.05, 4.69) is 42.3 Å². The van der Waals surface area contributed by atoms with Crippen molar-refractivity contribution in [3.05, 3.63) is 83.8 Å². The van der Waals surface area contributed by atoms with Gasteiger partial charge in [-0.2, -0.15) is 0 Å². The number of fused-ring (bicyclic) bond motifs is 1. The molecule has 0 aliphatic carbocycles. The molecule has 1 amide bonds. The second kappa shape index (κ2) is 9.10. The van der Waals surface area contributed by atoms with Crippen molar-refractivity contribution in [3.8, 4) is 16.9 Å². The molecule has 0 saturated heterocycles. The average Bonchev–Trinajstić information content (AvgIpc) is 3.16. The fraction of sp³-hybridized carbons (Fsp3) is 0.185. The van der Waals surface area contributed by atoms with Crippen LogP contribution in [0.4, 0.5) is 5.82 Å². The van der Waals surface area contributed by atoms with Crippen molar-refractivity contribution in [1.29, 1.82) is 0 Å². The van der Waals surface area contributed by atoms with E-state index in [0.717, 1.165) is 33.2 Å². The van der Waals surface area contributed by atoms with Crippen LogP contribution in [0.1, 0.15) is 30.5 Å². The van der Waals surface area contributed by atoms with Gasteiger partial charge in [0.1, 0.15) is 17.2 Å². The molecule has 4 rings (SSSR count). The van der Waals surface area contributed by atoms with Gasteiger partial charge in [0.15, 0.2) is 0 Å². The Morgan fingerprint density at radius 3 is 2.69 bits per heavy atom. The van der Waals surface area contributed by atoms with Crippen LogP contribution in [0.15, 0.2) is 71.5 Å². The SMILES string of the molecule is CCOc1cc2occ(-c3ccc(C)cc3C)c2cc1/C(C)=C/C(=O)Nc1ccccn1. The number of rotatable bonds is 6. The van der Waals surface area contributed by atoms with E-state index in [1.807, 2.05) is 32.0 Å². The first kappa shape index (κ1) is 21.4. The maximum Gasteiger partial charge on any atom is 0.249 e. The third-order valence-corrected chi connectivity index (χ3v) is 5.34. The first-order valence-corrected chi connectivity index (χ1v) is 10.6. The van der Waals surface area contributed by atoms with E-state index in [4.69, 9.17) is 9.15 Å². The van der Waals surface area contributed by atoms with Crippen LogP contribution in [-0.4, -0.2) is 17.5 Å². The molecule has 0 unspecified atom stereocenters. The molecule has 0 saturated carbocycles. The molecule has 0 spiro atoms. The van der Waals surface area contributed by atoms with Crippen molar-refractivity contribution in [2.24, 2.45) is 0 Å². The minimum absolute atomic E-state index is 0.245. The van der Waals surface area contributed by atoms with Gasteiger partial charge in [-0.15, -0.1) is 0 Å². The number of ether oxygens (including phenoxy) is 1. The lowest BCUT2D eigenvalue weighted by atomic mass is 9.96. The van der Waals surface area contributed by atoms with Gasteiger partial charge in [0, 0.05) is 34.9 Å². The first-order chi connectivity index (χ1) is 15.5. The number of nitrogens with zero attached hydrogens (tertiary/aromatic N) is 1. The second-order valence-corrected chi connectivity index (χ2v) is 7.78. The summed E-state index contributed by atoms with van der Waals surface area (Å²) in [5.74, 6) is 0.945. The molecule has 2 aromatic carbocycles. The maximum atomic E-state index is 12.6. The molecule has 5 nitrogen and oxygen atoms in total. The van der Waals surface area contributed by atoms with Crippen LogP contribution in [0, 0.1) is 13.8 Å². The molecule has 5 heteroatoms. The predicted molar refractivity (Wildman–Crippen MR) is 129 cm³/mol. The van der Waals surface area contributed by atoms with Crippen molar-refractivity contribution < 1.29 is 13.9 Å². The summed E-state index contributed by atoms with van der Waals surface area (Å²) >= 11 is 0. The molecular weight excluding hydrogens is 400 g/mol. The van der Waals surface area contributed by atoms with Crippen molar-refractivity contribution in [2.45, 2.75) is 27.7 Å². The number of hydrogen-bond donors (Lipinski definition) is 1. The minimum atomic E-state index is -0.245. The molecule has 0 fully saturated rings. The number of carbonyl (C=O) groups is 1. The van der Waals surface area contributed by atoms with Crippen LogP contribution in [-0.2, 0) is 4.79 Å². The Labute approximate surface area is 187 Å². The van der Waals surface area contributed by atoms with E-state index < -0.39 is 0 Å². The lowest BCUT2D eigenvalue weighted by Crippen LogP contribution is -2.09. The Bertz CT molecular complexity index is 1300. The van der Waals surface area contributed by atoms with Crippen molar-refractivity contribution >= 4 is 28.3 Å². The highest BCUT2D eigenvalue weighted by atomic mass is 16.5. The Morgan fingerprint density at radius 2 is 1.97 bits per heavy atom. The number of anilines is 1. The summed E-state index contributed by atoms with van der Waals surface area (Å²) in [6.45, 7) is 8.53. The smallest absolute Gasteiger partial charge is 0.249 e. The van der Waals surface area contributed by atoms with Crippen LogP contribution in [0.25, 0.3) is 27.7 Å². The van der Waals surface area contributed by atoms with Crippen LogP contribution in [0.3, 0.4) is 0 Å². The minimum Gasteiger partial charge on any atom is -0.493 e. The molecular formula is C27H26N2O3. The number of amides is 1. The summed E-state index contributed by atoms with van der Waals surface area (Å²) < 4.78 is 11.8. The van der Waals surface area contributed by atoms with E-state index in [0.29, 0.717) is 18.2 Å². The molecule has 4 aromatic rings. The van der Waals surface area contributed by atoms with E-state index >= 15 is 0 Å². The van der Waals surface area contributed by atoms with Gasteiger partial charge in [-0.05, 0) is 62.6 Å². The monoisotopic (exact) mass is 426 g/mol. The largest absolute Gasteiger partial charge is 0.493 e. The molecule has 0 aliphatic heterocycles. The fourth-order valence-corrected chi connectivity index (χ4v) is 3.84. The van der Waals surface area contributed by atoms with E-state index in [9.17, 15) is 4.79 Å². The first-order valence-electron chi connectivity index (χ1n) is 10.6. The number of benzene rings is 2. The predicted octanol–water partition coefficient (Wildman–Crippen LogP) is 6.55. The Kier molecular flexibility index (Phi) is 6.08. The summed E-state index contributed by atoms with van der Waals surface area (Å²) in [5, 5.41) is 3.77. The highest BCUT2D eigenvalue weighted by Gasteiger charge is 2.16. The average molecular weight is 427 g/mol. The van der Waals surface area contributed by atoms with Gasteiger partial charge in [-0.25, -0.2) is 4.98 Å². The second-order valence-electron chi connectivity index (χ2n) is 7.78. The molecule has 1 N–H and O–H groups in total. The zero-order valence-electron chi connectivity index (χ0n) is 18.7. The van der Waals surface area contributed by atoms with Crippen LogP contribution in [0.5, 0.6) is 5.75 Å². The van der Waals surface area contributed by atoms with Crippen LogP contribution in [0.2, 0.25) is 0 Å². The normalized spacial score (nSPS) is 11.6. The summed E-state index contributed by atoms with van der Waals surface area (Å²) in [5.41, 5.74) is 6.94. The number of aromatic nitrogens is 1. The quantitative estimate of drug-likeness (QED) is 0.355. The summed E-state index contributed by atoms with van der Waals surface area (Å²) in [6.07, 6.45) is 4.99. The number of nitrogens with one attached hydrogen (secondary N) is 1. The summed E-state index contributed by atoms with van der Waals surface area (Å²) in [4.78, 5) is 16.7. The lowest BCUT2D eigenvalue weighted by molar-refractivity contribution is -0.111. The molecule has 0 bridgehead atoms. The third-order valence-electron chi connectivity index (χ3n) is 5.34. The maximum absolute atomic E-state index is 12.6. The van der Waals surface area contributed by atoms with Crippen molar-refractivity contribution in [2.75, 3.05) is 11.9 Å². The number of carbonyl (C=O) groups excluding carboxylic acids is 1. The molecule has 2 heterocycles. The lowest BCUT2D eigenvalue weighted by Gasteiger charge is -2.12. The molecule has 2 aromatic heterocycles. The van der Waals surface area contributed by atoms with Gasteiger partial charge >= 0.3 is 0 Å². The number of aryl methyl sites for hydroxylation is 2.